The number of hydrogen-bond acceptors (Lipinski definition) is 14. The van der Waals surface area contributed by atoms with Gasteiger partial charge in [-0.3, -0.25) is 4.79 Å². The molecular formula is C39H49Ac2NO14. The number of ketones is 1. The van der Waals surface area contributed by atoms with Crippen LogP contribution < -0.4 is 5.32 Å². The monoisotopic (exact) mass is 1210 g/mol. The van der Waals surface area contributed by atoms with E-state index in [0.29, 0.717) is 0 Å². The number of alkyl carbamates (subject to hydrolysis) is 1. The molecule has 1 aromatic carbocycles. The molecule has 3 fully saturated rings. The van der Waals surface area contributed by atoms with Crippen LogP contribution >= 0.6 is 0 Å². The van der Waals surface area contributed by atoms with Crippen molar-refractivity contribution in [3.05, 3.63) is 71.2 Å². The van der Waals surface area contributed by atoms with E-state index < -0.39 is 101 Å². The predicted octanol–water partition coefficient (Wildman–Crippen LogP) is 2.14. The number of esters is 2. The van der Waals surface area contributed by atoms with E-state index in [1.54, 1.807) is 32.0 Å². The zero-order valence-corrected chi connectivity index (χ0v) is 41.7. The Hall–Kier alpha value is -1.24. The summed E-state index contributed by atoms with van der Waals surface area (Å²) >= 11 is 0. The summed E-state index contributed by atoms with van der Waals surface area (Å²) in [5, 5.41) is 62.8. The van der Waals surface area contributed by atoms with Gasteiger partial charge in [-0.15, -0.1) is 0 Å². The molecule has 0 unspecified atom stereocenters. The number of nitrogens with one attached hydrogen (secondary N) is 1. The van der Waals surface area contributed by atoms with Crippen LogP contribution in [-0.2, 0) is 28.5 Å². The molecule has 1 saturated heterocycles. The van der Waals surface area contributed by atoms with Gasteiger partial charge in [-0.25, -0.2) is 14.4 Å². The number of furan rings is 1. The molecule has 15 nitrogen and oxygen atoms in total. The molecule has 6 rings (SSSR count). The van der Waals surface area contributed by atoms with Crippen LogP contribution in [0.2, 0.25) is 0 Å². The van der Waals surface area contributed by atoms with Gasteiger partial charge in [-0.1, -0.05) is 45.9 Å². The molecule has 56 heavy (non-hydrogen) atoms. The Balaban J connectivity index is 0.00000348. The Bertz CT molecular complexity index is 1800. The molecule has 1 aromatic heterocycles. The first-order chi connectivity index (χ1) is 25.3. The summed E-state index contributed by atoms with van der Waals surface area (Å²) in [6.07, 6.45) is -10.1. The number of benzene rings is 1. The minimum atomic E-state index is -2.32. The molecule has 4 aliphatic rings. The third-order valence-electron chi connectivity index (χ3n) is 12.1. The quantitative estimate of drug-likeness (QED) is 0.120. The van der Waals surface area contributed by atoms with Crippen molar-refractivity contribution < 1.29 is 156 Å². The number of Topliss-reactive ketones (excluding diaryl/α,β-unsaturated/α-hetero) is 1. The summed E-state index contributed by atoms with van der Waals surface area (Å²) in [4.78, 5) is 55.0. The van der Waals surface area contributed by atoms with E-state index in [2.05, 4.69) is 5.32 Å². The molecular weight excluding hydrogens is 1160 g/mol. The van der Waals surface area contributed by atoms with Crippen LogP contribution in [0.15, 0.2) is 64.3 Å². The molecule has 2 saturated carbocycles. The Kier molecular flexibility index (Phi) is 15.1. The summed E-state index contributed by atoms with van der Waals surface area (Å²) in [6.45, 7) is 9.33. The molecule has 2 heterocycles. The van der Waals surface area contributed by atoms with E-state index >= 15 is 0 Å². The van der Waals surface area contributed by atoms with E-state index in [4.69, 9.17) is 23.4 Å². The maximum Gasteiger partial charge on any atom is 0.407 e. The number of carbonyl (C=O) groups is 4. The van der Waals surface area contributed by atoms with Crippen molar-refractivity contribution in [2.45, 2.75) is 108 Å². The van der Waals surface area contributed by atoms with E-state index in [9.17, 15) is 44.7 Å². The average Bonchev–Trinajstić information content (AvgIpc) is 3.66. The van der Waals surface area contributed by atoms with Crippen LogP contribution in [0.4, 0.5) is 4.79 Å². The molecule has 11 atom stereocenters. The second kappa shape index (κ2) is 17.8. The Morgan fingerprint density at radius 3 is 2.23 bits per heavy atom. The topological polar surface area (TPSA) is 232 Å². The van der Waals surface area contributed by atoms with E-state index in [1.165, 1.54) is 44.4 Å². The van der Waals surface area contributed by atoms with E-state index in [0.717, 1.165) is 0 Å². The van der Waals surface area contributed by atoms with Crippen molar-refractivity contribution in [3.8, 4) is 0 Å². The predicted molar refractivity (Wildman–Crippen MR) is 186 cm³/mol. The van der Waals surface area contributed by atoms with Crippen LogP contribution in [0, 0.1) is 111 Å². The third-order valence-corrected chi connectivity index (χ3v) is 12.1. The van der Waals surface area contributed by atoms with Crippen molar-refractivity contribution in [1.29, 1.82) is 0 Å². The van der Waals surface area contributed by atoms with Crippen LogP contribution in [-0.4, -0.2) is 110 Å². The number of hydrogen-bond donors (Lipinski definition) is 6. The molecule has 17 heteroatoms. The standard InChI is InChI=1S/C39H49NO14.2Ac/c1-19(2)17-51-35(47)40-27(22-13-10-14-50-22)29(43)34(46)53-23-16-39(49)32(54-33(45)21-11-8-7-9-12-21)30-37(6,24(41)15-25-38(30,48)18-52-25)31(44)28(42)26(20(23)3)36(39,4)5;;/h7-14,19,23-25,27-30,32,41-43,48-49H,15-18H2,1-6H3,(H,40,47);;/t23-,24-,25+,27-,28+,29+,30-,32-,37+,38-,39+;;/m0../s1. The fraction of sp³-hybridized carbons (Fsp3) is 0.590. The number of amides is 1. The minimum Gasteiger partial charge on any atom is -0.467 e. The number of ether oxygens (including phenoxy) is 4. The third kappa shape index (κ3) is 8.02. The Morgan fingerprint density at radius 2 is 1.66 bits per heavy atom. The minimum absolute atomic E-state index is 0. The first-order valence-electron chi connectivity index (χ1n) is 18.1. The van der Waals surface area contributed by atoms with Crippen LogP contribution in [0.5, 0.6) is 0 Å². The largest absolute Gasteiger partial charge is 0.467 e. The number of fused-ring (bicyclic) bond motifs is 5. The Morgan fingerprint density at radius 1 is 1.00 bits per heavy atom. The van der Waals surface area contributed by atoms with Crippen molar-refractivity contribution in [1.82, 2.24) is 5.32 Å². The first kappa shape index (κ1) is 47.4. The van der Waals surface area contributed by atoms with Gasteiger partial charge in [-0.2, -0.15) is 0 Å². The van der Waals surface area contributed by atoms with E-state index in [-0.39, 0.29) is 136 Å². The zero-order chi connectivity index (χ0) is 39.5. The van der Waals surface area contributed by atoms with Crippen molar-refractivity contribution in [2.75, 3.05) is 13.2 Å². The van der Waals surface area contributed by atoms with Crippen LogP contribution in [0.25, 0.3) is 0 Å². The van der Waals surface area contributed by atoms with Gasteiger partial charge in [0.25, 0.3) is 0 Å². The first-order valence-corrected chi connectivity index (χ1v) is 18.1. The fourth-order valence-corrected chi connectivity index (χ4v) is 8.91. The van der Waals surface area contributed by atoms with Crippen LogP contribution in [0.1, 0.15) is 76.5 Å². The molecule has 300 valence electrons. The van der Waals surface area contributed by atoms with E-state index in [1.807, 2.05) is 13.8 Å². The molecule has 1 amide bonds. The molecule has 2 bridgehead atoms. The molecule has 2 aromatic rings. The van der Waals surface area contributed by atoms with Gasteiger partial charge in [-0.05, 0) is 55.2 Å². The van der Waals surface area contributed by atoms with Gasteiger partial charge in [0.05, 0.1) is 42.7 Å². The fourth-order valence-electron chi connectivity index (χ4n) is 8.91. The molecule has 1 aliphatic heterocycles. The smallest absolute Gasteiger partial charge is 0.407 e. The van der Waals surface area contributed by atoms with Gasteiger partial charge in [0.15, 0.2) is 11.9 Å². The maximum atomic E-state index is 14.6. The maximum absolute atomic E-state index is 14.6. The summed E-state index contributed by atoms with van der Waals surface area (Å²) in [5.41, 5.74) is -7.60. The number of rotatable bonds is 9. The van der Waals surface area contributed by atoms with Gasteiger partial charge < -0.3 is 54.2 Å². The van der Waals surface area contributed by atoms with Gasteiger partial charge in [0, 0.05) is 112 Å². The average molecular weight is 1210 g/mol. The summed E-state index contributed by atoms with van der Waals surface area (Å²) in [5.74, 6) is -4.62. The summed E-state index contributed by atoms with van der Waals surface area (Å²) in [7, 11) is 0. The SMILES string of the molecule is CC1=C2[C@@H](O)C(=O)[C@@]3(C)[C@H]([C@H](OC(=O)c4ccccc4)[C@](O)(C[C@@H]1OC(=O)[C@H](O)[C@@H](NC(=O)OCC(C)C)c1ccco1)C2(C)C)[C@]1(O)CO[C@@H]1C[C@@H]3O.[Ac].[Ac]. The van der Waals surface area contributed by atoms with Gasteiger partial charge in [0.2, 0.25) is 0 Å². The Labute approximate surface area is 396 Å². The number of carbonyl (C=O) groups excluding carboxylic acids is 4. The normalized spacial score (nSPS) is 34.0. The van der Waals surface area contributed by atoms with Crippen molar-refractivity contribution >= 4 is 23.8 Å². The summed E-state index contributed by atoms with van der Waals surface area (Å²) in [6, 6.07) is 9.29. The second-order valence-corrected chi connectivity index (χ2v) is 16.1. The van der Waals surface area contributed by atoms with Crippen molar-refractivity contribution in [2.24, 2.45) is 22.7 Å². The molecule has 3 aliphatic carbocycles. The van der Waals surface area contributed by atoms with Crippen LogP contribution in [0.3, 0.4) is 0 Å². The zero-order valence-electron chi connectivity index (χ0n) is 32.2. The van der Waals surface area contributed by atoms with Crippen molar-refractivity contribution in [3.63, 3.8) is 0 Å². The molecule has 0 spiro atoms. The van der Waals surface area contributed by atoms with Gasteiger partial charge in [0.1, 0.15) is 41.3 Å². The molecule has 2 radical (unpaired) electrons. The second-order valence-electron chi connectivity index (χ2n) is 16.1. The van der Waals surface area contributed by atoms with Gasteiger partial charge >= 0.3 is 18.0 Å². The summed E-state index contributed by atoms with van der Waals surface area (Å²) < 4.78 is 28.3. The number of aliphatic hydroxyl groups is 5. The molecule has 6 N–H and O–H groups in total. The number of aliphatic hydroxyl groups excluding tert-OH is 3.